The third-order valence-corrected chi connectivity index (χ3v) is 17.8. The molecule has 0 aliphatic rings. The van der Waals surface area contributed by atoms with Crippen LogP contribution in [0.15, 0.2) is 0 Å². The molecule has 3 N–H and O–H groups in total. The van der Waals surface area contributed by atoms with Crippen LogP contribution in [-0.4, -0.2) is 96.7 Å². The number of carbonyl (C=O) groups is 4. The quantitative estimate of drug-likeness (QED) is 0.0222. The molecule has 0 bridgehead atoms. The molecule has 0 aromatic heterocycles. The fourth-order valence-electron chi connectivity index (χ4n) is 10.1. The molecule has 0 spiro atoms. The zero-order chi connectivity index (χ0) is 64.7. The predicted molar refractivity (Wildman–Crippen MR) is 349 cm³/mol. The summed E-state index contributed by atoms with van der Waals surface area (Å²) in [5, 5.41) is 10.6. The second-order valence-corrected chi connectivity index (χ2v) is 29.1. The molecule has 0 saturated carbocycles. The van der Waals surface area contributed by atoms with Crippen LogP contribution in [0, 0.1) is 23.7 Å². The minimum Gasteiger partial charge on any atom is -0.462 e. The second kappa shape index (κ2) is 57.9. The number of carbonyl (C=O) groups excluding carboxylic acids is 4. The third-order valence-electron chi connectivity index (χ3n) is 15.9. The van der Waals surface area contributed by atoms with Gasteiger partial charge in [0.1, 0.15) is 19.3 Å². The van der Waals surface area contributed by atoms with Gasteiger partial charge in [-0.15, -0.1) is 0 Å². The molecule has 0 aliphatic heterocycles. The molecule has 0 rings (SSSR count). The Morgan fingerprint density at radius 1 is 0.322 bits per heavy atom. The SMILES string of the molecule is CCC(C)CCCCCCCCCCCCCCCCC(=O)O[C@H](COC(=O)CCCCCCCCC(C)C)COP(=O)(O)OC[C@@H](O)COP(=O)(O)OC[C@@H](COC(=O)CCCCCCCCC(C)C)OC(=O)CCCCCCCCCCC(C)C. The molecule has 19 heteroatoms. The predicted octanol–water partition coefficient (Wildman–Crippen LogP) is 18.9. The van der Waals surface area contributed by atoms with Gasteiger partial charge in [0.2, 0.25) is 0 Å². The molecule has 0 aromatic rings. The maximum absolute atomic E-state index is 13.0. The normalized spacial score (nSPS) is 14.6. The highest BCUT2D eigenvalue weighted by molar-refractivity contribution is 7.47. The lowest BCUT2D eigenvalue weighted by Crippen LogP contribution is -2.30. The molecule has 0 aromatic carbocycles. The molecule has 17 nitrogen and oxygen atoms in total. The number of unbranched alkanes of at least 4 members (excludes halogenated alkanes) is 30. The van der Waals surface area contributed by atoms with Gasteiger partial charge in [0.05, 0.1) is 26.4 Å². The van der Waals surface area contributed by atoms with Gasteiger partial charge in [-0.1, -0.05) is 280 Å². The minimum atomic E-state index is -4.95. The molecule has 0 radical (unpaired) electrons. The van der Waals surface area contributed by atoms with Crippen LogP contribution >= 0.6 is 15.6 Å². The Balaban J connectivity index is 5.20. The van der Waals surface area contributed by atoms with Crippen LogP contribution in [-0.2, 0) is 65.4 Å². The summed E-state index contributed by atoms with van der Waals surface area (Å²) in [6, 6.07) is 0. The highest BCUT2D eigenvalue weighted by atomic mass is 31.2. The van der Waals surface area contributed by atoms with Crippen LogP contribution in [0.5, 0.6) is 0 Å². The fraction of sp³-hybridized carbons (Fsp3) is 0.941. The Morgan fingerprint density at radius 2 is 0.552 bits per heavy atom. The number of rotatable bonds is 65. The molecule has 0 saturated heterocycles. The summed E-state index contributed by atoms with van der Waals surface area (Å²) in [5.41, 5.74) is 0. The number of aliphatic hydroxyl groups excluding tert-OH is 1. The smallest absolute Gasteiger partial charge is 0.462 e. The summed E-state index contributed by atoms with van der Waals surface area (Å²) in [6.07, 6.45) is 39.3. The van der Waals surface area contributed by atoms with E-state index in [0.29, 0.717) is 37.5 Å². The van der Waals surface area contributed by atoms with Crippen molar-refractivity contribution in [2.45, 2.75) is 350 Å². The Bertz CT molecular complexity index is 1730. The number of aliphatic hydroxyl groups is 1. The van der Waals surface area contributed by atoms with E-state index in [4.69, 9.17) is 37.0 Å². The standard InChI is InChI=1S/C68H132O17P2/c1-9-61(8)47-39-31-21-16-14-12-10-11-13-15-17-22-34-42-50-67(72)84-63(54-78-65(70)48-40-32-26-24-29-37-45-59(4)5)56-82-86(74,75)80-52-62(69)53-81-87(76,77)83-57-64(55-79-66(71)49-41-33-27-25-30-38-46-60(6)7)85-68(73)51-43-35-23-19-18-20-28-36-44-58(2)3/h58-64,69H,9-57H2,1-8H3,(H,74,75)(H,76,77)/t61?,62-,63-,64-/m1/s1. The van der Waals surface area contributed by atoms with E-state index in [9.17, 15) is 43.2 Å². The summed E-state index contributed by atoms with van der Waals surface area (Å²) in [5.74, 6) is 0.785. The van der Waals surface area contributed by atoms with Gasteiger partial charge in [0, 0.05) is 25.7 Å². The van der Waals surface area contributed by atoms with E-state index in [2.05, 4.69) is 55.4 Å². The monoisotopic (exact) mass is 1280 g/mol. The summed E-state index contributed by atoms with van der Waals surface area (Å²) >= 11 is 0. The lowest BCUT2D eigenvalue weighted by Gasteiger charge is -2.21. The Hall–Kier alpha value is -1.94. The molecular weight excluding hydrogens is 1150 g/mol. The first kappa shape index (κ1) is 85.1. The third kappa shape index (κ3) is 61.3. The van der Waals surface area contributed by atoms with Crippen LogP contribution in [0.2, 0.25) is 0 Å². The van der Waals surface area contributed by atoms with Gasteiger partial charge in [-0.05, 0) is 49.4 Å². The van der Waals surface area contributed by atoms with Crippen molar-refractivity contribution < 1.29 is 80.2 Å². The first-order chi connectivity index (χ1) is 41.6. The van der Waals surface area contributed by atoms with E-state index in [1.807, 2.05) is 0 Å². The van der Waals surface area contributed by atoms with Gasteiger partial charge < -0.3 is 33.8 Å². The van der Waals surface area contributed by atoms with Crippen LogP contribution < -0.4 is 0 Å². The first-order valence-electron chi connectivity index (χ1n) is 35.2. The molecule has 516 valence electrons. The van der Waals surface area contributed by atoms with Crippen molar-refractivity contribution in [3.63, 3.8) is 0 Å². The number of esters is 4. The number of hydrogen-bond acceptors (Lipinski definition) is 15. The highest BCUT2D eigenvalue weighted by Crippen LogP contribution is 2.45. The Labute approximate surface area is 530 Å². The average Bonchev–Trinajstić information content (AvgIpc) is 3.66. The molecule has 3 unspecified atom stereocenters. The largest absolute Gasteiger partial charge is 0.472 e. The van der Waals surface area contributed by atoms with Crippen LogP contribution in [0.25, 0.3) is 0 Å². The lowest BCUT2D eigenvalue weighted by atomic mass is 9.99. The molecule has 0 aliphatic carbocycles. The second-order valence-electron chi connectivity index (χ2n) is 26.2. The van der Waals surface area contributed by atoms with E-state index in [0.717, 1.165) is 115 Å². The van der Waals surface area contributed by atoms with Gasteiger partial charge in [-0.3, -0.25) is 37.3 Å². The molecule has 87 heavy (non-hydrogen) atoms. The molecular formula is C68H132O17P2. The average molecular weight is 1280 g/mol. The molecule has 0 amide bonds. The van der Waals surface area contributed by atoms with E-state index in [1.165, 1.54) is 122 Å². The van der Waals surface area contributed by atoms with Crippen LogP contribution in [0.3, 0.4) is 0 Å². The molecule has 0 heterocycles. The summed E-state index contributed by atoms with van der Waals surface area (Å²) in [6.45, 7) is 14.0. The van der Waals surface area contributed by atoms with Crippen molar-refractivity contribution in [1.29, 1.82) is 0 Å². The van der Waals surface area contributed by atoms with Gasteiger partial charge in [0.25, 0.3) is 0 Å². The van der Waals surface area contributed by atoms with Crippen molar-refractivity contribution in [3.05, 3.63) is 0 Å². The van der Waals surface area contributed by atoms with E-state index < -0.39 is 97.5 Å². The van der Waals surface area contributed by atoms with Gasteiger partial charge >= 0.3 is 39.5 Å². The molecule has 6 atom stereocenters. The summed E-state index contributed by atoms with van der Waals surface area (Å²) in [7, 11) is -9.90. The van der Waals surface area contributed by atoms with E-state index >= 15 is 0 Å². The van der Waals surface area contributed by atoms with Gasteiger partial charge in [-0.2, -0.15) is 0 Å². The van der Waals surface area contributed by atoms with E-state index in [-0.39, 0.29) is 25.7 Å². The lowest BCUT2D eigenvalue weighted by molar-refractivity contribution is -0.161. The van der Waals surface area contributed by atoms with Crippen LogP contribution in [0.4, 0.5) is 0 Å². The van der Waals surface area contributed by atoms with Crippen molar-refractivity contribution in [3.8, 4) is 0 Å². The van der Waals surface area contributed by atoms with Crippen molar-refractivity contribution in [2.24, 2.45) is 23.7 Å². The van der Waals surface area contributed by atoms with Gasteiger partial charge in [0.15, 0.2) is 12.2 Å². The molecule has 0 fully saturated rings. The van der Waals surface area contributed by atoms with Crippen molar-refractivity contribution in [1.82, 2.24) is 0 Å². The maximum Gasteiger partial charge on any atom is 0.472 e. The zero-order valence-electron chi connectivity index (χ0n) is 56.6. The summed E-state index contributed by atoms with van der Waals surface area (Å²) < 4.78 is 68.1. The Kier molecular flexibility index (Phi) is 56.6. The van der Waals surface area contributed by atoms with Crippen molar-refractivity contribution >= 4 is 39.5 Å². The minimum absolute atomic E-state index is 0.103. The zero-order valence-corrected chi connectivity index (χ0v) is 58.4. The highest BCUT2D eigenvalue weighted by Gasteiger charge is 2.30. The number of hydrogen-bond donors (Lipinski definition) is 3. The van der Waals surface area contributed by atoms with Gasteiger partial charge in [-0.25, -0.2) is 9.13 Å². The Morgan fingerprint density at radius 3 is 0.816 bits per heavy atom. The fourth-order valence-corrected chi connectivity index (χ4v) is 11.7. The number of ether oxygens (including phenoxy) is 4. The van der Waals surface area contributed by atoms with E-state index in [1.54, 1.807) is 0 Å². The number of phosphoric ester groups is 2. The number of phosphoric acid groups is 2. The maximum atomic E-state index is 13.0. The summed E-state index contributed by atoms with van der Waals surface area (Å²) in [4.78, 5) is 72.3. The topological polar surface area (TPSA) is 237 Å². The van der Waals surface area contributed by atoms with Crippen LogP contribution in [0.1, 0.15) is 331 Å². The first-order valence-corrected chi connectivity index (χ1v) is 38.2. The van der Waals surface area contributed by atoms with Crippen molar-refractivity contribution in [2.75, 3.05) is 39.6 Å².